The van der Waals surface area contributed by atoms with Crippen molar-refractivity contribution in [2.45, 2.75) is 24.4 Å². The first-order valence-corrected chi connectivity index (χ1v) is 6.46. The molecule has 110 valence electrons. The first-order chi connectivity index (χ1) is 9.81. The van der Waals surface area contributed by atoms with Crippen molar-refractivity contribution >= 4 is 0 Å². The molecule has 1 aliphatic carbocycles. The topological polar surface area (TPSA) is 0 Å². The van der Waals surface area contributed by atoms with Gasteiger partial charge in [-0.3, -0.25) is 0 Å². The number of alkyl halides is 3. The second-order valence-electron chi connectivity index (χ2n) is 5.32. The highest BCUT2D eigenvalue weighted by Gasteiger charge is 2.47. The van der Waals surface area contributed by atoms with E-state index in [4.69, 9.17) is 0 Å². The van der Waals surface area contributed by atoms with Crippen molar-refractivity contribution in [3.8, 4) is 0 Å². The second kappa shape index (κ2) is 4.55. The number of hydrogen-bond donors (Lipinski definition) is 0. The molecule has 0 aliphatic heterocycles. The van der Waals surface area contributed by atoms with Gasteiger partial charge in [0, 0.05) is 5.41 Å². The summed E-state index contributed by atoms with van der Waals surface area (Å²) in [7, 11) is 0. The van der Waals surface area contributed by atoms with E-state index in [0.717, 1.165) is 12.1 Å². The average molecular weight is 298 g/mol. The molecule has 2 aromatic carbocycles. The van der Waals surface area contributed by atoms with Crippen molar-refractivity contribution in [1.29, 1.82) is 0 Å². The lowest BCUT2D eigenvalue weighted by Crippen LogP contribution is -2.13. The highest BCUT2D eigenvalue weighted by Crippen LogP contribution is 2.54. The zero-order valence-corrected chi connectivity index (χ0v) is 10.8. The number of rotatable bonds is 2. The summed E-state index contributed by atoms with van der Waals surface area (Å²) >= 11 is 0. The van der Waals surface area contributed by atoms with E-state index < -0.39 is 28.8 Å². The van der Waals surface area contributed by atoms with Crippen LogP contribution in [0.4, 0.5) is 22.0 Å². The molecule has 1 saturated carbocycles. The van der Waals surface area contributed by atoms with Gasteiger partial charge in [-0.25, -0.2) is 8.78 Å². The summed E-state index contributed by atoms with van der Waals surface area (Å²) in [6.07, 6.45) is -3.34. The van der Waals surface area contributed by atoms with Crippen molar-refractivity contribution < 1.29 is 22.0 Å². The van der Waals surface area contributed by atoms with Gasteiger partial charge in [0.15, 0.2) is 0 Å². The van der Waals surface area contributed by atoms with Crippen LogP contribution in [0.25, 0.3) is 0 Å². The molecule has 2 aromatic rings. The monoisotopic (exact) mass is 298 g/mol. The van der Waals surface area contributed by atoms with Crippen LogP contribution in [0.2, 0.25) is 0 Å². The van der Waals surface area contributed by atoms with Gasteiger partial charge in [-0.15, -0.1) is 0 Å². The van der Waals surface area contributed by atoms with Gasteiger partial charge in [-0.05, 0) is 54.3 Å². The molecule has 0 spiro atoms. The third-order valence-corrected chi connectivity index (χ3v) is 3.92. The van der Waals surface area contributed by atoms with E-state index in [1.54, 1.807) is 12.1 Å². The Balaban J connectivity index is 2.08. The summed E-state index contributed by atoms with van der Waals surface area (Å²) in [5.41, 5.74) is -0.620. The van der Waals surface area contributed by atoms with E-state index in [1.807, 2.05) is 0 Å². The molecule has 5 heteroatoms. The fourth-order valence-corrected chi connectivity index (χ4v) is 2.67. The quantitative estimate of drug-likeness (QED) is 0.680. The van der Waals surface area contributed by atoms with Gasteiger partial charge in [-0.2, -0.15) is 13.2 Å². The smallest absolute Gasteiger partial charge is 0.207 e. The average Bonchev–Trinajstić information content (AvgIpc) is 3.19. The Morgan fingerprint density at radius 3 is 1.90 bits per heavy atom. The normalized spacial score (nSPS) is 16.8. The lowest BCUT2D eigenvalue weighted by atomic mass is 9.87. The van der Waals surface area contributed by atoms with Crippen LogP contribution < -0.4 is 0 Å². The summed E-state index contributed by atoms with van der Waals surface area (Å²) in [6.45, 7) is 0. The van der Waals surface area contributed by atoms with Crippen LogP contribution in [0.5, 0.6) is 0 Å². The van der Waals surface area contributed by atoms with E-state index in [-0.39, 0.29) is 0 Å². The van der Waals surface area contributed by atoms with Gasteiger partial charge >= 0.3 is 6.18 Å². The SMILES string of the molecule is Fc1ccc(C2(c3cc(F)cc(C(F)(F)F)c3)CC2)cc1. The Hall–Kier alpha value is -1.91. The highest BCUT2D eigenvalue weighted by atomic mass is 19.4. The minimum absolute atomic E-state index is 0.293. The molecule has 3 rings (SSSR count). The molecule has 0 amide bonds. The van der Waals surface area contributed by atoms with Gasteiger partial charge < -0.3 is 0 Å². The zero-order valence-electron chi connectivity index (χ0n) is 10.8. The molecule has 0 radical (unpaired) electrons. The minimum atomic E-state index is -4.59. The maximum absolute atomic E-state index is 13.5. The number of halogens is 5. The second-order valence-corrected chi connectivity index (χ2v) is 5.32. The van der Waals surface area contributed by atoms with Crippen LogP contribution in [-0.4, -0.2) is 0 Å². The van der Waals surface area contributed by atoms with Gasteiger partial charge in [0.2, 0.25) is 0 Å². The molecule has 0 heterocycles. The van der Waals surface area contributed by atoms with Crippen molar-refractivity contribution in [1.82, 2.24) is 0 Å². The first-order valence-electron chi connectivity index (χ1n) is 6.46. The van der Waals surface area contributed by atoms with Crippen molar-refractivity contribution in [2.24, 2.45) is 0 Å². The Bertz CT molecular complexity index is 666. The van der Waals surface area contributed by atoms with Crippen molar-refractivity contribution in [3.05, 3.63) is 70.8 Å². The Labute approximate surface area is 118 Å². The van der Waals surface area contributed by atoms with Crippen molar-refractivity contribution in [3.63, 3.8) is 0 Å². The number of hydrogen-bond acceptors (Lipinski definition) is 0. The summed E-state index contributed by atoms with van der Waals surface area (Å²) in [6, 6.07) is 8.22. The fourth-order valence-electron chi connectivity index (χ4n) is 2.67. The van der Waals surface area contributed by atoms with Crippen LogP contribution in [0.15, 0.2) is 42.5 Å². The molecule has 0 bridgehead atoms. The molecule has 0 unspecified atom stereocenters. The lowest BCUT2D eigenvalue weighted by molar-refractivity contribution is -0.137. The maximum atomic E-state index is 13.5. The Morgan fingerprint density at radius 2 is 1.38 bits per heavy atom. The third-order valence-electron chi connectivity index (χ3n) is 3.92. The fraction of sp³-hybridized carbons (Fsp3) is 0.250. The van der Waals surface area contributed by atoms with E-state index >= 15 is 0 Å². The molecule has 0 saturated heterocycles. The molecule has 0 nitrogen and oxygen atoms in total. The lowest BCUT2D eigenvalue weighted by Gasteiger charge is -2.18. The molecular weight excluding hydrogens is 287 g/mol. The summed E-state index contributed by atoms with van der Waals surface area (Å²) in [4.78, 5) is 0. The number of benzene rings is 2. The standard InChI is InChI=1S/C16H11F5/c17-13-3-1-10(2-4-13)15(5-6-15)11-7-12(16(19,20)21)9-14(18)8-11/h1-4,7-9H,5-6H2. The summed E-state index contributed by atoms with van der Waals surface area (Å²) in [5.74, 6) is -1.32. The van der Waals surface area contributed by atoms with Crippen LogP contribution >= 0.6 is 0 Å². The maximum Gasteiger partial charge on any atom is 0.416 e. The Kier molecular flexibility index (Phi) is 3.04. The third kappa shape index (κ3) is 2.52. The van der Waals surface area contributed by atoms with Crippen LogP contribution in [0, 0.1) is 11.6 Å². The highest BCUT2D eigenvalue weighted by molar-refractivity contribution is 5.46. The molecular formula is C16H11F5. The van der Waals surface area contributed by atoms with Gasteiger partial charge in [0.25, 0.3) is 0 Å². The van der Waals surface area contributed by atoms with E-state index in [2.05, 4.69) is 0 Å². The molecule has 0 aromatic heterocycles. The molecule has 0 atom stereocenters. The van der Waals surface area contributed by atoms with Crippen LogP contribution in [0.1, 0.15) is 29.5 Å². The first kappa shape index (κ1) is 14.0. The molecule has 0 N–H and O–H groups in total. The van der Waals surface area contributed by atoms with E-state index in [1.165, 1.54) is 12.1 Å². The van der Waals surface area contributed by atoms with Gasteiger partial charge in [0.1, 0.15) is 11.6 Å². The predicted molar refractivity (Wildman–Crippen MR) is 67.8 cm³/mol. The van der Waals surface area contributed by atoms with Gasteiger partial charge in [-0.1, -0.05) is 12.1 Å². The Morgan fingerprint density at radius 1 is 0.762 bits per heavy atom. The molecule has 1 fully saturated rings. The van der Waals surface area contributed by atoms with E-state index in [9.17, 15) is 22.0 Å². The largest absolute Gasteiger partial charge is 0.416 e. The van der Waals surface area contributed by atoms with Gasteiger partial charge in [0.05, 0.1) is 5.56 Å². The summed E-state index contributed by atoms with van der Waals surface area (Å²) < 4.78 is 64.9. The predicted octanol–water partition coefficient (Wildman–Crippen LogP) is 5.06. The zero-order chi connectivity index (χ0) is 15.3. The van der Waals surface area contributed by atoms with Crippen LogP contribution in [-0.2, 0) is 11.6 Å². The molecule has 1 aliphatic rings. The summed E-state index contributed by atoms with van der Waals surface area (Å²) in [5, 5.41) is 0. The minimum Gasteiger partial charge on any atom is -0.207 e. The van der Waals surface area contributed by atoms with Crippen molar-refractivity contribution in [2.75, 3.05) is 0 Å². The van der Waals surface area contributed by atoms with Crippen LogP contribution in [0.3, 0.4) is 0 Å². The molecule has 21 heavy (non-hydrogen) atoms. The van der Waals surface area contributed by atoms with E-state index in [0.29, 0.717) is 30.0 Å².